The monoisotopic (exact) mass is 250 g/mol. The zero-order valence-corrected chi connectivity index (χ0v) is 11.7. The van der Waals surface area contributed by atoms with Gasteiger partial charge in [-0.2, -0.15) is 0 Å². The van der Waals surface area contributed by atoms with Gasteiger partial charge in [0, 0.05) is 19.6 Å². The first-order valence-corrected chi connectivity index (χ1v) is 7.28. The minimum Gasteiger partial charge on any atom is -0.468 e. The second kappa shape index (κ2) is 6.95. The fraction of sp³-hybridized carbons (Fsp3) is 0.733. The minimum atomic E-state index is 0.314. The van der Waals surface area contributed by atoms with E-state index in [1.165, 1.54) is 32.4 Å². The predicted octanol–water partition coefficient (Wildman–Crippen LogP) is 3.05. The van der Waals surface area contributed by atoms with Gasteiger partial charge in [-0.25, -0.2) is 0 Å². The summed E-state index contributed by atoms with van der Waals surface area (Å²) in [6.07, 6.45) is 5.85. The minimum absolute atomic E-state index is 0.314. The van der Waals surface area contributed by atoms with Crippen molar-refractivity contribution in [1.29, 1.82) is 0 Å². The van der Waals surface area contributed by atoms with Crippen LogP contribution in [-0.4, -0.2) is 31.1 Å². The van der Waals surface area contributed by atoms with Crippen LogP contribution in [0.5, 0.6) is 0 Å². The third-order valence-corrected chi connectivity index (χ3v) is 3.92. The first-order valence-electron chi connectivity index (χ1n) is 7.28. The summed E-state index contributed by atoms with van der Waals surface area (Å²) in [7, 11) is 0. The van der Waals surface area contributed by atoms with Crippen molar-refractivity contribution in [2.75, 3.05) is 26.2 Å². The van der Waals surface area contributed by atoms with Crippen LogP contribution in [0.1, 0.15) is 44.9 Å². The topological polar surface area (TPSA) is 28.4 Å². The van der Waals surface area contributed by atoms with Gasteiger partial charge in [0.2, 0.25) is 0 Å². The molecule has 2 atom stereocenters. The molecular weight excluding hydrogens is 224 g/mol. The molecule has 102 valence electrons. The standard InChI is InChI=1S/C15H26N2O/c1-3-5-14-7-9-17(12-14)10-8-16-13(2)15-6-4-11-18-15/h4,6,11,13-14,16H,3,5,7-10,12H2,1-2H3. The molecule has 1 fully saturated rings. The van der Waals surface area contributed by atoms with Crippen LogP contribution < -0.4 is 5.32 Å². The maximum Gasteiger partial charge on any atom is 0.120 e. The lowest BCUT2D eigenvalue weighted by Gasteiger charge is -2.18. The molecule has 3 heteroatoms. The summed E-state index contributed by atoms with van der Waals surface area (Å²) in [6, 6.07) is 4.29. The molecule has 1 aliphatic rings. The van der Waals surface area contributed by atoms with Crippen LogP contribution in [0.15, 0.2) is 22.8 Å². The normalized spacial score (nSPS) is 22.4. The molecule has 0 bridgehead atoms. The van der Waals surface area contributed by atoms with E-state index in [4.69, 9.17) is 4.42 Å². The number of nitrogens with one attached hydrogen (secondary N) is 1. The summed E-state index contributed by atoms with van der Waals surface area (Å²) in [5, 5.41) is 3.52. The molecule has 2 rings (SSSR count). The van der Waals surface area contributed by atoms with Crippen LogP contribution in [0.4, 0.5) is 0 Å². The molecule has 0 aromatic carbocycles. The molecule has 1 aromatic heterocycles. The van der Waals surface area contributed by atoms with Gasteiger partial charge in [0.25, 0.3) is 0 Å². The van der Waals surface area contributed by atoms with Crippen molar-refractivity contribution < 1.29 is 4.42 Å². The van der Waals surface area contributed by atoms with Crippen molar-refractivity contribution in [2.45, 2.75) is 39.2 Å². The van der Waals surface area contributed by atoms with Crippen LogP contribution in [0, 0.1) is 5.92 Å². The van der Waals surface area contributed by atoms with Crippen LogP contribution in [0.3, 0.4) is 0 Å². The van der Waals surface area contributed by atoms with E-state index in [9.17, 15) is 0 Å². The summed E-state index contributed by atoms with van der Waals surface area (Å²) in [5.41, 5.74) is 0. The third kappa shape index (κ3) is 3.85. The number of likely N-dealkylation sites (tertiary alicyclic amines) is 1. The van der Waals surface area contributed by atoms with Gasteiger partial charge in [-0.05, 0) is 44.4 Å². The molecule has 1 aromatic rings. The van der Waals surface area contributed by atoms with Crippen molar-refractivity contribution in [3.8, 4) is 0 Å². The Morgan fingerprint density at radius 1 is 1.56 bits per heavy atom. The predicted molar refractivity (Wildman–Crippen MR) is 74.6 cm³/mol. The van der Waals surface area contributed by atoms with E-state index in [-0.39, 0.29) is 0 Å². The molecule has 18 heavy (non-hydrogen) atoms. The van der Waals surface area contributed by atoms with Crippen LogP contribution in [-0.2, 0) is 0 Å². The lowest BCUT2D eigenvalue weighted by atomic mass is 10.0. The van der Waals surface area contributed by atoms with Crippen molar-refractivity contribution in [2.24, 2.45) is 5.92 Å². The molecule has 0 spiro atoms. The van der Waals surface area contributed by atoms with Crippen LogP contribution in [0.25, 0.3) is 0 Å². The lowest BCUT2D eigenvalue weighted by Crippen LogP contribution is -2.31. The summed E-state index contributed by atoms with van der Waals surface area (Å²) in [4.78, 5) is 2.59. The van der Waals surface area contributed by atoms with Gasteiger partial charge >= 0.3 is 0 Å². The van der Waals surface area contributed by atoms with Gasteiger partial charge in [0.15, 0.2) is 0 Å². The number of nitrogens with zero attached hydrogens (tertiary/aromatic N) is 1. The second-order valence-corrected chi connectivity index (χ2v) is 5.44. The van der Waals surface area contributed by atoms with Crippen molar-refractivity contribution in [3.63, 3.8) is 0 Å². The summed E-state index contributed by atoms with van der Waals surface area (Å²) in [6.45, 7) is 9.22. The van der Waals surface area contributed by atoms with E-state index in [0.29, 0.717) is 6.04 Å². The fourth-order valence-corrected chi connectivity index (χ4v) is 2.84. The zero-order valence-electron chi connectivity index (χ0n) is 11.7. The maximum atomic E-state index is 5.39. The number of rotatable bonds is 7. The highest BCUT2D eigenvalue weighted by molar-refractivity contribution is 5.02. The van der Waals surface area contributed by atoms with Gasteiger partial charge in [-0.15, -0.1) is 0 Å². The van der Waals surface area contributed by atoms with Crippen molar-refractivity contribution in [3.05, 3.63) is 24.2 Å². The molecule has 0 saturated carbocycles. The highest BCUT2D eigenvalue weighted by atomic mass is 16.3. The molecule has 0 amide bonds. The van der Waals surface area contributed by atoms with Crippen molar-refractivity contribution in [1.82, 2.24) is 10.2 Å². The Morgan fingerprint density at radius 2 is 2.44 bits per heavy atom. The smallest absolute Gasteiger partial charge is 0.120 e. The Hall–Kier alpha value is -0.800. The van der Waals surface area contributed by atoms with E-state index in [0.717, 1.165) is 24.8 Å². The highest BCUT2D eigenvalue weighted by Crippen LogP contribution is 2.20. The molecule has 0 radical (unpaired) electrons. The largest absolute Gasteiger partial charge is 0.468 e. The lowest BCUT2D eigenvalue weighted by molar-refractivity contribution is 0.308. The average molecular weight is 250 g/mol. The molecular formula is C15H26N2O. The van der Waals surface area contributed by atoms with E-state index >= 15 is 0 Å². The van der Waals surface area contributed by atoms with E-state index in [1.54, 1.807) is 6.26 Å². The Morgan fingerprint density at radius 3 is 3.17 bits per heavy atom. The van der Waals surface area contributed by atoms with Crippen LogP contribution in [0.2, 0.25) is 0 Å². The van der Waals surface area contributed by atoms with E-state index in [1.807, 2.05) is 12.1 Å². The molecule has 0 aliphatic carbocycles. The number of hydrogen-bond acceptors (Lipinski definition) is 3. The third-order valence-electron chi connectivity index (χ3n) is 3.92. The Labute approximate surface area is 111 Å². The second-order valence-electron chi connectivity index (χ2n) is 5.44. The van der Waals surface area contributed by atoms with Gasteiger partial charge in [0.1, 0.15) is 5.76 Å². The molecule has 3 nitrogen and oxygen atoms in total. The summed E-state index contributed by atoms with van der Waals surface area (Å²) >= 11 is 0. The SMILES string of the molecule is CCCC1CCN(CCNC(C)c2ccco2)C1. The molecule has 1 aliphatic heterocycles. The van der Waals surface area contributed by atoms with E-state index < -0.39 is 0 Å². The highest BCUT2D eigenvalue weighted by Gasteiger charge is 2.21. The van der Waals surface area contributed by atoms with Gasteiger partial charge < -0.3 is 14.6 Å². The number of hydrogen-bond donors (Lipinski definition) is 1. The quantitative estimate of drug-likeness (QED) is 0.806. The number of furan rings is 1. The van der Waals surface area contributed by atoms with E-state index in [2.05, 4.69) is 24.1 Å². The maximum absolute atomic E-state index is 5.39. The first-order chi connectivity index (χ1) is 8.79. The Kier molecular flexibility index (Phi) is 5.26. The zero-order chi connectivity index (χ0) is 12.8. The Bertz CT molecular complexity index is 323. The van der Waals surface area contributed by atoms with Gasteiger partial charge in [-0.3, -0.25) is 0 Å². The summed E-state index contributed by atoms with van der Waals surface area (Å²) < 4.78 is 5.39. The van der Waals surface area contributed by atoms with Crippen LogP contribution >= 0.6 is 0 Å². The fourth-order valence-electron chi connectivity index (χ4n) is 2.84. The summed E-state index contributed by atoms with van der Waals surface area (Å²) in [5.74, 6) is 1.97. The van der Waals surface area contributed by atoms with Crippen molar-refractivity contribution >= 4 is 0 Å². The molecule has 2 heterocycles. The average Bonchev–Trinajstić information content (AvgIpc) is 3.00. The molecule has 2 unspecified atom stereocenters. The Balaban J connectivity index is 1.61. The molecule has 1 N–H and O–H groups in total. The van der Waals surface area contributed by atoms with Gasteiger partial charge in [0.05, 0.1) is 12.3 Å². The van der Waals surface area contributed by atoms with Gasteiger partial charge in [-0.1, -0.05) is 13.3 Å². The molecule has 1 saturated heterocycles. The first kappa shape index (κ1) is 13.6.